The first-order chi connectivity index (χ1) is 45.4. The fraction of sp³-hybridized carbons (Fsp3) is 0.800. The lowest BCUT2D eigenvalue weighted by atomic mass is 9.67. The van der Waals surface area contributed by atoms with E-state index >= 15 is 0 Å². The van der Waals surface area contributed by atoms with Crippen molar-refractivity contribution in [1.82, 2.24) is 21.3 Å². The van der Waals surface area contributed by atoms with E-state index in [1.807, 2.05) is 30.3 Å². The highest BCUT2D eigenvalue weighted by Crippen LogP contribution is 2.43. The van der Waals surface area contributed by atoms with Crippen molar-refractivity contribution < 1.29 is 76.3 Å². The number of benzene rings is 1. The molecule has 0 aliphatic heterocycles. The number of Topliss-reactive ketones (excluding diaryl/α,β-unsaturated/α-hetero) is 1. The number of esters is 4. The first kappa shape index (κ1) is 82.0. The van der Waals surface area contributed by atoms with Crippen LogP contribution in [0.2, 0.25) is 0 Å². The molecule has 4 rings (SSSR count). The minimum absolute atomic E-state index is 0.00476. The van der Waals surface area contributed by atoms with E-state index in [1.165, 1.54) is 20.8 Å². The molecule has 0 heterocycles. The topological polar surface area (TPSA) is 266 Å². The first-order valence-corrected chi connectivity index (χ1v) is 36.4. The Morgan fingerprint density at radius 2 is 0.821 bits per heavy atom. The molecule has 3 saturated carbocycles. The molecule has 0 saturated heterocycles. The van der Waals surface area contributed by atoms with Crippen LogP contribution in [0.15, 0.2) is 30.3 Å². The monoisotopic (exact) mass is 1340 g/mol. The van der Waals surface area contributed by atoms with Crippen molar-refractivity contribution >= 4 is 53.3 Å². The molecule has 8 unspecified atom stereocenters. The Labute approximate surface area is 569 Å². The Morgan fingerprint density at radius 3 is 1.24 bits per heavy atom. The van der Waals surface area contributed by atoms with Crippen LogP contribution in [0.25, 0.3) is 0 Å². The van der Waals surface area contributed by atoms with Gasteiger partial charge in [-0.2, -0.15) is 0 Å². The fourth-order valence-electron chi connectivity index (χ4n) is 14.1. The van der Waals surface area contributed by atoms with Crippen LogP contribution < -0.4 is 21.3 Å². The minimum Gasteiger partial charge on any atom is -0.466 e. The standard InChI is InChI=1S/C75H124N4O16/c1-49-52(4)63(46-92-58(10)80)42-68(55(49)7)89-38-23-18-31-71(84)76-35-21-16-29-62(75(88)78-37-26-34-74(87)95-45-61-27-14-13-15-28-61)41-67(83)66(79-73(86)33-20-25-40-91-70-44-65(48-94-60(12)82)54(6)51(3)57(70)9)30-17-22-36-77-72(85)32-19-24-39-90-69-43-64(47-93-59(11)81)53(5)50(2)56(69)8/h13-15,27-28,49-57,62-66,68-70H,16-26,29-48H2,1-12H3,(H,76,84)(H,77,85)(H,78,88)(H,79,86)/t49-,50-,51-,52+,53+,54+,55?,56?,57?,62?,63?,64?,65?,66?,68+,69+,70+/m0/s1. The van der Waals surface area contributed by atoms with Crippen molar-refractivity contribution in [3.05, 3.63) is 35.9 Å². The third-order valence-corrected chi connectivity index (χ3v) is 21.6. The van der Waals surface area contributed by atoms with E-state index in [2.05, 4.69) is 83.6 Å². The summed E-state index contributed by atoms with van der Waals surface area (Å²) in [6.45, 7) is 28.0. The maximum atomic E-state index is 14.5. The van der Waals surface area contributed by atoms with E-state index < -0.39 is 12.0 Å². The molecular formula is C75H124N4O16. The Bertz CT molecular complexity index is 2460. The van der Waals surface area contributed by atoms with Gasteiger partial charge < -0.3 is 54.4 Å². The average molecular weight is 1340 g/mol. The lowest BCUT2D eigenvalue weighted by Crippen LogP contribution is -2.43. The number of hydrogen-bond acceptors (Lipinski definition) is 16. The quantitative estimate of drug-likeness (QED) is 0.0269. The summed E-state index contributed by atoms with van der Waals surface area (Å²) < 4.78 is 40.7. The molecule has 540 valence electrons. The largest absolute Gasteiger partial charge is 0.466 e. The molecule has 1 aromatic rings. The van der Waals surface area contributed by atoms with Crippen LogP contribution >= 0.6 is 0 Å². The molecule has 20 nitrogen and oxygen atoms in total. The fourth-order valence-corrected chi connectivity index (χ4v) is 14.1. The van der Waals surface area contributed by atoms with Gasteiger partial charge in [0.15, 0.2) is 5.78 Å². The van der Waals surface area contributed by atoms with Crippen molar-refractivity contribution in [3.8, 4) is 0 Å². The van der Waals surface area contributed by atoms with Gasteiger partial charge in [0.2, 0.25) is 23.6 Å². The SMILES string of the molecule is CC(=O)OCC1C[C@@H](OCCCCC(=O)NCCCCC(CC(=O)C(CCCCNC(=O)CCCCO[C@@H]2CC(COC(C)=O)[C@H](C)[C@H](C)C2C)NC(=O)CCCCO[C@@H]2CC(COC(C)=O)[C@H](C)[C@H](C)C2C)C(=O)NCCCC(=O)OCc2ccccc2)C(C)[C@@H](C)[C@H]1C. The second-order valence-corrected chi connectivity index (χ2v) is 28.4. The summed E-state index contributed by atoms with van der Waals surface area (Å²) >= 11 is 0. The van der Waals surface area contributed by atoms with Crippen molar-refractivity contribution in [3.63, 3.8) is 0 Å². The molecular weight excluding hydrogens is 1210 g/mol. The molecule has 0 spiro atoms. The average Bonchev–Trinajstić information content (AvgIpc) is 0.843. The smallest absolute Gasteiger partial charge is 0.306 e. The summed E-state index contributed by atoms with van der Waals surface area (Å²) in [6.07, 6.45) is 10.4. The molecule has 3 fully saturated rings. The number of ether oxygens (including phenoxy) is 7. The van der Waals surface area contributed by atoms with Gasteiger partial charge >= 0.3 is 23.9 Å². The summed E-state index contributed by atoms with van der Waals surface area (Å²) in [5, 5.41) is 12.0. The van der Waals surface area contributed by atoms with Crippen LogP contribution in [0.1, 0.15) is 223 Å². The number of hydrogen-bond donors (Lipinski definition) is 4. The molecule has 17 atom stereocenters. The van der Waals surface area contributed by atoms with Crippen LogP contribution in [0.3, 0.4) is 0 Å². The minimum atomic E-state index is -0.882. The van der Waals surface area contributed by atoms with Crippen LogP contribution in [-0.4, -0.2) is 137 Å². The number of amides is 4. The third kappa shape index (κ3) is 31.3. The van der Waals surface area contributed by atoms with Crippen molar-refractivity contribution in [2.45, 2.75) is 249 Å². The number of rotatable bonds is 45. The van der Waals surface area contributed by atoms with E-state index in [4.69, 9.17) is 33.2 Å². The van der Waals surface area contributed by atoms with Crippen LogP contribution in [-0.2, 0) is 82.9 Å². The summed E-state index contributed by atoms with van der Waals surface area (Å²) in [6, 6.07) is 8.49. The maximum Gasteiger partial charge on any atom is 0.306 e. The highest BCUT2D eigenvalue weighted by molar-refractivity contribution is 5.92. The van der Waals surface area contributed by atoms with Gasteiger partial charge in [-0.15, -0.1) is 0 Å². The highest BCUT2D eigenvalue weighted by Gasteiger charge is 2.42. The lowest BCUT2D eigenvalue weighted by molar-refractivity contribution is -0.146. The van der Waals surface area contributed by atoms with E-state index in [0.29, 0.717) is 189 Å². The van der Waals surface area contributed by atoms with Gasteiger partial charge in [0, 0.05) is 98.2 Å². The Hall–Kier alpha value is -5.47. The zero-order chi connectivity index (χ0) is 69.8. The molecule has 1 aromatic carbocycles. The predicted octanol–water partition coefficient (Wildman–Crippen LogP) is 11.4. The van der Waals surface area contributed by atoms with Gasteiger partial charge in [-0.3, -0.25) is 43.2 Å². The zero-order valence-electron chi connectivity index (χ0n) is 60.2. The number of nitrogens with one attached hydrogen (secondary N) is 4. The number of carbonyl (C=O) groups excluding carboxylic acids is 9. The Kier molecular flexibility index (Phi) is 39.0. The van der Waals surface area contributed by atoms with Crippen LogP contribution in [0.4, 0.5) is 0 Å². The van der Waals surface area contributed by atoms with E-state index in [1.54, 1.807) is 0 Å². The van der Waals surface area contributed by atoms with Crippen molar-refractivity contribution in [1.29, 1.82) is 0 Å². The predicted molar refractivity (Wildman–Crippen MR) is 365 cm³/mol. The number of carbonyl (C=O) groups is 9. The van der Waals surface area contributed by atoms with E-state index in [0.717, 1.165) is 37.7 Å². The second kappa shape index (κ2) is 45.2. The molecule has 0 aromatic heterocycles. The molecule has 4 amide bonds. The Morgan fingerprint density at radius 1 is 0.421 bits per heavy atom. The van der Waals surface area contributed by atoms with Gasteiger partial charge in [-0.25, -0.2) is 0 Å². The second-order valence-electron chi connectivity index (χ2n) is 28.4. The molecule has 3 aliphatic rings. The van der Waals surface area contributed by atoms with Gasteiger partial charge in [0.25, 0.3) is 0 Å². The molecule has 0 bridgehead atoms. The summed E-state index contributed by atoms with van der Waals surface area (Å²) in [5.41, 5.74) is 0.868. The van der Waals surface area contributed by atoms with Gasteiger partial charge in [-0.05, 0) is 173 Å². The molecule has 4 N–H and O–H groups in total. The van der Waals surface area contributed by atoms with E-state index in [9.17, 15) is 43.2 Å². The summed E-state index contributed by atoms with van der Waals surface area (Å²) in [4.78, 5) is 116. The van der Waals surface area contributed by atoms with Crippen molar-refractivity contribution in [2.75, 3.05) is 59.3 Å². The lowest BCUT2D eigenvalue weighted by Gasteiger charge is -2.43. The van der Waals surface area contributed by atoms with Crippen LogP contribution in [0.5, 0.6) is 0 Å². The third-order valence-electron chi connectivity index (χ3n) is 21.6. The van der Waals surface area contributed by atoms with E-state index in [-0.39, 0.29) is 122 Å². The summed E-state index contributed by atoms with van der Waals surface area (Å²) in [5.74, 6) is 1.06. The van der Waals surface area contributed by atoms with Gasteiger partial charge in [-0.1, -0.05) is 99.1 Å². The first-order valence-electron chi connectivity index (χ1n) is 36.4. The maximum absolute atomic E-state index is 14.5. The molecule has 20 heteroatoms. The number of ketones is 1. The van der Waals surface area contributed by atoms with Crippen molar-refractivity contribution in [2.24, 2.45) is 76.9 Å². The summed E-state index contributed by atoms with van der Waals surface area (Å²) in [7, 11) is 0. The van der Waals surface area contributed by atoms with Gasteiger partial charge in [0.05, 0.1) is 44.2 Å². The molecule has 3 aliphatic carbocycles. The van der Waals surface area contributed by atoms with Crippen LogP contribution in [0, 0.1) is 76.9 Å². The molecule has 0 radical (unpaired) electrons. The number of unbranched alkanes of at least 4 members (excludes halogenated alkanes) is 5. The highest BCUT2D eigenvalue weighted by atomic mass is 16.5. The molecule has 95 heavy (non-hydrogen) atoms. The Balaban J connectivity index is 1.32. The van der Waals surface area contributed by atoms with Gasteiger partial charge in [0.1, 0.15) is 6.61 Å². The zero-order valence-corrected chi connectivity index (χ0v) is 60.2. The normalized spacial score (nSPS) is 26.4.